The SMILES string of the molecule is C=C(C)CCCC(=O)OC(C)CCC. The molecule has 0 amide bonds. The summed E-state index contributed by atoms with van der Waals surface area (Å²) in [7, 11) is 0. The van der Waals surface area contributed by atoms with Crippen molar-refractivity contribution in [2.75, 3.05) is 0 Å². The topological polar surface area (TPSA) is 26.3 Å². The molecule has 14 heavy (non-hydrogen) atoms. The van der Waals surface area contributed by atoms with Crippen LogP contribution >= 0.6 is 0 Å². The molecule has 0 saturated carbocycles. The summed E-state index contributed by atoms with van der Waals surface area (Å²) in [6.07, 6.45) is 4.36. The fourth-order valence-electron chi connectivity index (χ4n) is 1.28. The molecule has 0 aromatic carbocycles. The maximum Gasteiger partial charge on any atom is 0.306 e. The monoisotopic (exact) mass is 198 g/mol. The Morgan fingerprint density at radius 1 is 1.43 bits per heavy atom. The molecule has 0 aliphatic carbocycles. The lowest BCUT2D eigenvalue weighted by molar-refractivity contribution is -0.148. The molecule has 0 rings (SSSR count). The van der Waals surface area contributed by atoms with Gasteiger partial charge in [-0.15, -0.1) is 6.58 Å². The highest BCUT2D eigenvalue weighted by Crippen LogP contribution is 2.07. The number of hydrogen-bond acceptors (Lipinski definition) is 2. The molecule has 0 aromatic rings. The van der Waals surface area contributed by atoms with Gasteiger partial charge in [0.05, 0.1) is 6.10 Å². The lowest BCUT2D eigenvalue weighted by Gasteiger charge is -2.11. The number of esters is 1. The minimum atomic E-state index is -0.0767. The fourth-order valence-corrected chi connectivity index (χ4v) is 1.28. The molecular formula is C12H22O2. The van der Waals surface area contributed by atoms with Gasteiger partial charge in [-0.3, -0.25) is 4.79 Å². The standard InChI is InChI=1S/C12H22O2/c1-5-7-11(4)14-12(13)9-6-8-10(2)3/h11H,2,5-9H2,1,3-4H3. The summed E-state index contributed by atoms with van der Waals surface area (Å²) in [6.45, 7) is 9.80. The van der Waals surface area contributed by atoms with Gasteiger partial charge in [0.2, 0.25) is 0 Å². The van der Waals surface area contributed by atoms with Gasteiger partial charge in [0.25, 0.3) is 0 Å². The summed E-state index contributed by atoms with van der Waals surface area (Å²) in [5, 5.41) is 0. The molecular weight excluding hydrogens is 176 g/mol. The van der Waals surface area contributed by atoms with Crippen molar-refractivity contribution < 1.29 is 9.53 Å². The first-order valence-electron chi connectivity index (χ1n) is 5.40. The van der Waals surface area contributed by atoms with Crippen molar-refractivity contribution in [3.05, 3.63) is 12.2 Å². The maximum atomic E-state index is 11.3. The summed E-state index contributed by atoms with van der Waals surface area (Å²) in [5.74, 6) is -0.0767. The lowest BCUT2D eigenvalue weighted by Crippen LogP contribution is -2.14. The maximum absolute atomic E-state index is 11.3. The van der Waals surface area contributed by atoms with E-state index in [0.29, 0.717) is 6.42 Å². The first-order valence-corrected chi connectivity index (χ1v) is 5.40. The van der Waals surface area contributed by atoms with Gasteiger partial charge in [-0.25, -0.2) is 0 Å². The highest BCUT2D eigenvalue weighted by atomic mass is 16.5. The van der Waals surface area contributed by atoms with Crippen molar-refractivity contribution in [3.63, 3.8) is 0 Å². The molecule has 0 radical (unpaired) electrons. The molecule has 1 unspecified atom stereocenters. The zero-order valence-corrected chi connectivity index (χ0v) is 9.64. The lowest BCUT2D eigenvalue weighted by atomic mass is 10.1. The Labute approximate surface area is 87.3 Å². The van der Waals surface area contributed by atoms with Crippen molar-refractivity contribution in [3.8, 4) is 0 Å². The number of hydrogen-bond donors (Lipinski definition) is 0. The molecule has 0 N–H and O–H groups in total. The average molecular weight is 198 g/mol. The smallest absolute Gasteiger partial charge is 0.306 e. The highest BCUT2D eigenvalue weighted by Gasteiger charge is 2.07. The van der Waals surface area contributed by atoms with E-state index >= 15 is 0 Å². The molecule has 0 spiro atoms. The molecule has 1 atom stereocenters. The van der Waals surface area contributed by atoms with Crippen molar-refractivity contribution in [2.24, 2.45) is 0 Å². The van der Waals surface area contributed by atoms with E-state index in [4.69, 9.17) is 4.74 Å². The van der Waals surface area contributed by atoms with Crippen molar-refractivity contribution in [1.29, 1.82) is 0 Å². The average Bonchev–Trinajstić information content (AvgIpc) is 2.03. The van der Waals surface area contributed by atoms with Crippen LogP contribution in [-0.4, -0.2) is 12.1 Å². The second-order valence-corrected chi connectivity index (χ2v) is 3.90. The summed E-state index contributed by atoms with van der Waals surface area (Å²) < 4.78 is 5.20. The minimum Gasteiger partial charge on any atom is -0.463 e. The van der Waals surface area contributed by atoms with Gasteiger partial charge in [-0.05, 0) is 33.1 Å². The third-order valence-electron chi connectivity index (χ3n) is 2.01. The molecule has 0 aliphatic rings. The Morgan fingerprint density at radius 3 is 2.57 bits per heavy atom. The molecule has 0 heterocycles. The van der Waals surface area contributed by atoms with Crippen LogP contribution in [0.4, 0.5) is 0 Å². The molecule has 0 fully saturated rings. The van der Waals surface area contributed by atoms with Gasteiger partial charge in [-0.1, -0.05) is 18.9 Å². The van der Waals surface area contributed by atoms with Crippen LogP contribution in [0.3, 0.4) is 0 Å². The van der Waals surface area contributed by atoms with Gasteiger partial charge in [0.1, 0.15) is 0 Å². The van der Waals surface area contributed by atoms with Crippen LogP contribution in [0, 0.1) is 0 Å². The van der Waals surface area contributed by atoms with Crippen LogP contribution in [0.25, 0.3) is 0 Å². The first-order chi connectivity index (χ1) is 6.56. The van der Waals surface area contributed by atoms with E-state index in [1.54, 1.807) is 0 Å². The summed E-state index contributed by atoms with van der Waals surface area (Å²) >= 11 is 0. The van der Waals surface area contributed by atoms with Crippen molar-refractivity contribution >= 4 is 5.97 Å². The van der Waals surface area contributed by atoms with E-state index < -0.39 is 0 Å². The quantitative estimate of drug-likeness (QED) is 0.462. The number of carbonyl (C=O) groups is 1. The second kappa shape index (κ2) is 7.60. The van der Waals surface area contributed by atoms with Gasteiger partial charge in [0.15, 0.2) is 0 Å². The molecule has 0 aliphatic heterocycles. The number of ether oxygens (including phenoxy) is 1. The third-order valence-corrected chi connectivity index (χ3v) is 2.01. The predicted octanol–water partition coefficient (Wildman–Crippen LogP) is 3.46. The van der Waals surface area contributed by atoms with E-state index in [9.17, 15) is 4.79 Å². The van der Waals surface area contributed by atoms with E-state index in [-0.39, 0.29) is 12.1 Å². The number of rotatable bonds is 7. The molecule has 2 nitrogen and oxygen atoms in total. The van der Waals surface area contributed by atoms with Crippen LogP contribution < -0.4 is 0 Å². The normalized spacial score (nSPS) is 12.2. The highest BCUT2D eigenvalue weighted by molar-refractivity contribution is 5.69. The molecule has 2 heteroatoms. The van der Waals surface area contributed by atoms with Crippen LogP contribution in [-0.2, 0) is 9.53 Å². The Hall–Kier alpha value is -0.790. The molecule has 82 valence electrons. The van der Waals surface area contributed by atoms with E-state index in [2.05, 4.69) is 13.5 Å². The number of carbonyl (C=O) groups excluding carboxylic acids is 1. The van der Waals surface area contributed by atoms with Crippen LogP contribution in [0.2, 0.25) is 0 Å². The predicted molar refractivity (Wildman–Crippen MR) is 59.1 cm³/mol. The molecule has 0 bridgehead atoms. The van der Waals surface area contributed by atoms with Crippen LogP contribution in [0.15, 0.2) is 12.2 Å². The molecule has 0 aromatic heterocycles. The summed E-state index contributed by atoms with van der Waals surface area (Å²) in [6, 6.07) is 0. The fraction of sp³-hybridized carbons (Fsp3) is 0.750. The van der Waals surface area contributed by atoms with Crippen molar-refractivity contribution in [2.45, 2.75) is 59.0 Å². The minimum absolute atomic E-state index is 0.0670. The Balaban J connectivity index is 3.50. The Bertz CT molecular complexity index is 185. The number of allylic oxidation sites excluding steroid dienone is 1. The summed E-state index contributed by atoms with van der Waals surface area (Å²) in [5.41, 5.74) is 1.12. The van der Waals surface area contributed by atoms with Gasteiger partial charge in [-0.2, -0.15) is 0 Å². The van der Waals surface area contributed by atoms with Crippen LogP contribution in [0.5, 0.6) is 0 Å². The van der Waals surface area contributed by atoms with Gasteiger partial charge >= 0.3 is 5.97 Å². The second-order valence-electron chi connectivity index (χ2n) is 3.90. The largest absolute Gasteiger partial charge is 0.463 e. The van der Waals surface area contributed by atoms with Crippen molar-refractivity contribution in [1.82, 2.24) is 0 Å². The van der Waals surface area contributed by atoms with E-state index in [1.807, 2.05) is 13.8 Å². The van der Waals surface area contributed by atoms with Crippen LogP contribution in [0.1, 0.15) is 52.9 Å². The Morgan fingerprint density at radius 2 is 2.07 bits per heavy atom. The zero-order chi connectivity index (χ0) is 11.0. The molecule has 0 saturated heterocycles. The zero-order valence-electron chi connectivity index (χ0n) is 9.64. The Kier molecular flexibility index (Phi) is 7.17. The first kappa shape index (κ1) is 13.2. The van der Waals surface area contributed by atoms with Gasteiger partial charge < -0.3 is 4.74 Å². The summed E-state index contributed by atoms with van der Waals surface area (Å²) in [4.78, 5) is 11.3. The van der Waals surface area contributed by atoms with Gasteiger partial charge in [0, 0.05) is 6.42 Å². The van der Waals surface area contributed by atoms with E-state index in [1.165, 1.54) is 0 Å². The third kappa shape index (κ3) is 7.84. The van der Waals surface area contributed by atoms with E-state index in [0.717, 1.165) is 31.3 Å².